The van der Waals surface area contributed by atoms with Gasteiger partial charge in [-0.25, -0.2) is 0 Å². The van der Waals surface area contributed by atoms with Gasteiger partial charge >= 0.3 is 0 Å². The number of ether oxygens (including phenoxy) is 1. The molecule has 3 aromatic rings. The molecule has 0 atom stereocenters. The van der Waals surface area contributed by atoms with Crippen molar-refractivity contribution in [2.45, 2.75) is 63.8 Å². The van der Waals surface area contributed by atoms with Crippen molar-refractivity contribution < 1.29 is 9.53 Å². The Kier molecular flexibility index (Phi) is 8.40. The molecule has 0 radical (unpaired) electrons. The molecule has 1 aliphatic rings. The zero-order valence-corrected chi connectivity index (χ0v) is 21.6. The molecular formula is C25H28Cl2N4O2S. The zero-order valence-electron chi connectivity index (χ0n) is 19.3. The Morgan fingerprint density at radius 2 is 1.91 bits per heavy atom. The molecule has 1 heterocycles. The van der Waals surface area contributed by atoms with Crippen molar-refractivity contribution in [3.63, 3.8) is 0 Å². The molecule has 1 aromatic heterocycles. The molecule has 9 heteroatoms. The highest BCUT2D eigenvalue weighted by atomic mass is 35.5. The number of carbonyl (C=O) groups excluding carboxylic acids is 1. The summed E-state index contributed by atoms with van der Waals surface area (Å²) < 4.78 is 8.19. The SMILES string of the molecule is Cc1cc(OCc2nnc(SCC(=O)Nc3cccc(Cl)c3C)n2C2CCCCC2)ccc1Cl. The quantitative estimate of drug-likeness (QED) is 0.324. The third-order valence-electron chi connectivity index (χ3n) is 6.05. The lowest BCUT2D eigenvalue weighted by Crippen LogP contribution is -2.19. The monoisotopic (exact) mass is 518 g/mol. The first kappa shape index (κ1) is 24.9. The van der Waals surface area contributed by atoms with Gasteiger partial charge in [-0.3, -0.25) is 9.36 Å². The highest BCUT2D eigenvalue weighted by molar-refractivity contribution is 7.99. The number of anilines is 1. The molecule has 1 fully saturated rings. The van der Waals surface area contributed by atoms with E-state index in [0.717, 1.165) is 46.4 Å². The summed E-state index contributed by atoms with van der Waals surface area (Å²) in [6.07, 6.45) is 5.76. The largest absolute Gasteiger partial charge is 0.486 e. The van der Waals surface area contributed by atoms with Crippen molar-refractivity contribution in [2.24, 2.45) is 0 Å². The lowest BCUT2D eigenvalue weighted by atomic mass is 9.95. The van der Waals surface area contributed by atoms with Gasteiger partial charge in [-0.05, 0) is 68.1 Å². The van der Waals surface area contributed by atoms with E-state index < -0.39 is 0 Å². The van der Waals surface area contributed by atoms with Gasteiger partial charge in [-0.1, -0.05) is 60.3 Å². The zero-order chi connectivity index (χ0) is 24.1. The highest BCUT2D eigenvalue weighted by Crippen LogP contribution is 2.33. The van der Waals surface area contributed by atoms with Crippen molar-refractivity contribution in [1.29, 1.82) is 0 Å². The van der Waals surface area contributed by atoms with Crippen molar-refractivity contribution in [2.75, 3.05) is 11.1 Å². The van der Waals surface area contributed by atoms with Crippen molar-refractivity contribution in [1.82, 2.24) is 14.8 Å². The molecule has 1 saturated carbocycles. The summed E-state index contributed by atoms with van der Waals surface area (Å²) in [5.41, 5.74) is 2.54. The van der Waals surface area contributed by atoms with E-state index in [1.807, 2.05) is 50.2 Å². The number of aryl methyl sites for hydroxylation is 1. The Balaban J connectivity index is 1.46. The molecule has 0 bridgehead atoms. The minimum atomic E-state index is -0.108. The molecule has 0 spiro atoms. The number of aromatic nitrogens is 3. The first-order chi connectivity index (χ1) is 16.4. The standard InChI is InChI=1S/C25H28Cl2N4O2S/c1-16-13-19(11-12-20(16)26)33-14-23-29-30-25(31(23)18-7-4-3-5-8-18)34-15-24(32)28-22-10-6-9-21(27)17(22)2/h6,9-13,18H,3-5,7-8,14-15H2,1-2H3,(H,28,32). The van der Waals surface area contributed by atoms with Crippen LogP contribution < -0.4 is 10.1 Å². The number of amides is 1. The predicted octanol–water partition coefficient (Wildman–Crippen LogP) is 7.02. The first-order valence-corrected chi connectivity index (χ1v) is 13.2. The van der Waals surface area contributed by atoms with E-state index >= 15 is 0 Å². The summed E-state index contributed by atoms with van der Waals surface area (Å²) in [7, 11) is 0. The van der Waals surface area contributed by atoms with Crippen LogP contribution in [-0.2, 0) is 11.4 Å². The summed E-state index contributed by atoms with van der Waals surface area (Å²) in [4.78, 5) is 12.6. The number of halogens is 2. The molecule has 0 saturated heterocycles. The minimum absolute atomic E-state index is 0.108. The van der Waals surface area contributed by atoms with Crippen LogP contribution in [0.5, 0.6) is 5.75 Å². The Morgan fingerprint density at radius 3 is 2.68 bits per heavy atom. The van der Waals surface area contributed by atoms with E-state index in [1.165, 1.54) is 31.0 Å². The fraction of sp³-hybridized carbons (Fsp3) is 0.400. The molecule has 4 rings (SSSR count). The second-order valence-corrected chi connectivity index (χ2v) is 10.3. The van der Waals surface area contributed by atoms with Gasteiger partial charge in [0.2, 0.25) is 5.91 Å². The number of benzene rings is 2. The highest BCUT2D eigenvalue weighted by Gasteiger charge is 2.24. The average molecular weight is 519 g/mol. The topological polar surface area (TPSA) is 69.0 Å². The fourth-order valence-corrected chi connectivity index (χ4v) is 5.24. The number of hydrogen-bond donors (Lipinski definition) is 1. The van der Waals surface area contributed by atoms with Gasteiger partial charge in [-0.2, -0.15) is 0 Å². The van der Waals surface area contributed by atoms with E-state index in [0.29, 0.717) is 22.7 Å². The summed E-state index contributed by atoms with van der Waals surface area (Å²) in [6.45, 7) is 4.14. The molecule has 6 nitrogen and oxygen atoms in total. The smallest absolute Gasteiger partial charge is 0.234 e. The minimum Gasteiger partial charge on any atom is -0.486 e. The average Bonchev–Trinajstić information content (AvgIpc) is 3.25. The molecule has 0 unspecified atom stereocenters. The van der Waals surface area contributed by atoms with Crippen LogP contribution >= 0.6 is 35.0 Å². The Morgan fingerprint density at radius 1 is 1.12 bits per heavy atom. The summed E-state index contributed by atoms with van der Waals surface area (Å²) in [5.74, 6) is 1.63. The van der Waals surface area contributed by atoms with Crippen LogP contribution in [0.25, 0.3) is 0 Å². The fourth-order valence-electron chi connectivity index (χ4n) is 4.12. The molecule has 1 aliphatic carbocycles. The van der Waals surface area contributed by atoms with Crippen LogP contribution in [-0.4, -0.2) is 26.4 Å². The van der Waals surface area contributed by atoms with Crippen molar-refractivity contribution >= 4 is 46.6 Å². The third kappa shape index (κ3) is 6.06. The van der Waals surface area contributed by atoms with E-state index in [4.69, 9.17) is 27.9 Å². The molecule has 0 aliphatic heterocycles. The lowest BCUT2D eigenvalue weighted by Gasteiger charge is -2.25. The van der Waals surface area contributed by atoms with Gasteiger partial charge in [0.25, 0.3) is 0 Å². The van der Waals surface area contributed by atoms with Crippen LogP contribution in [0.4, 0.5) is 5.69 Å². The number of hydrogen-bond acceptors (Lipinski definition) is 5. The van der Waals surface area contributed by atoms with Gasteiger partial charge in [0.15, 0.2) is 11.0 Å². The number of carbonyl (C=O) groups is 1. The van der Waals surface area contributed by atoms with E-state index in [1.54, 1.807) is 0 Å². The van der Waals surface area contributed by atoms with Gasteiger partial charge in [0, 0.05) is 21.8 Å². The Hall–Kier alpha value is -2.22. The van der Waals surface area contributed by atoms with Crippen LogP contribution in [0.1, 0.15) is 55.1 Å². The molecule has 180 valence electrons. The van der Waals surface area contributed by atoms with Gasteiger partial charge in [0.05, 0.1) is 5.75 Å². The molecule has 1 amide bonds. The maximum atomic E-state index is 12.6. The molecule has 34 heavy (non-hydrogen) atoms. The number of thioether (sulfide) groups is 1. The summed E-state index contributed by atoms with van der Waals surface area (Å²) in [5, 5.41) is 13.9. The van der Waals surface area contributed by atoms with E-state index in [2.05, 4.69) is 20.1 Å². The first-order valence-electron chi connectivity index (χ1n) is 11.4. The van der Waals surface area contributed by atoms with Gasteiger partial charge < -0.3 is 10.1 Å². The molecular weight excluding hydrogens is 491 g/mol. The summed E-state index contributed by atoms with van der Waals surface area (Å²) in [6, 6.07) is 11.4. The molecule has 2 aromatic carbocycles. The number of nitrogens with one attached hydrogen (secondary N) is 1. The van der Waals surface area contributed by atoms with Crippen LogP contribution in [0.15, 0.2) is 41.6 Å². The predicted molar refractivity (Wildman–Crippen MR) is 138 cm³/mol. The Bertz CT molecular complexity index is 1160. The molecule has 1 N–H and O–H groups in total. The van der Waals surface area contributed by atoms with Gasteiger partial charge in [-0.15, -0.1) is 10.2 Å². The second-order valence-electron chi connectivity index (χ2n) is 8.51. The lowest BCUT2D eigenvalue weighted by molar-refractivity contribution is -0.113. The maximum absolute atomic E-state index is 12.6. The second kappa shape index (κ2) is 11.5. The summed E-state index contributed by atoms with van der Waals surface area (Å²) >= 11 is 13.7. The van der Waals surface area contributed by atoms with Crippen molar-refractivity contribution in [3.8, 4) is 5.75 Å². The normalized spacial score (nSPS) is 14.2. The van der Waals surface area contributed by atoms with Gasteiger partial charge in [0.1, 0.15) is 12.4 Å². The van der Waals surface area contributed by atoms with E-state index in [-0.39, 0.29) is 11.7 Å². The van der Waals surface area contributed by atoms with Crippen LogP contribution in [0.3, 0.4) is 0 Å². The number of rotatable bonds is 8. The Labute approximate surface area is 214 Å². The van der Waals surface area contributed by atoms with Crippen LogP contribution in [0, 0.1) is 13.8 Å². The maximum Gasteiger partial charge on any atom is 0.234 e. The van der Waals surface area contributed by atoms with Crippen molar-refractivity contribution in [3.05, 3.63) is 63.4 Å². The van der Waals surface area contributed by atoms with Crippen LogP contribution in [0.2, 0.25) is 10.0 Å². The third-order valence-corrected chi connectivity index (χ3v) is 7.82. The number of nitrogens with zero attached hydrogens (tertiary/aromatic N) is 3. The van der Waals surface area contributed by atoms with E-state index in [9.17, 15) is 4.79 Å².